The molecule has 0 aliphatic rings. The Balaban J connectivity index is 2.58. The monoisotopic (exact) mass is 214 g/mol. The Morgan fingerprint density at radius 2 is 2.19 bits per heavy atom. The molecule has 1 heterocycles. The van der Waals surface area contributed by atoms with Gasteiger partial charge in [-0.25, -0.2) is 0 Å². The molecule has 0 spiro atoms. The lowest BCUT2D eigenvalue weighted by Crippen LogP contribution is -1.99. The van der Waals surface area contributed by atoms with E-state index in [9.17, 15) is 4.79 Å². The van der Waals surface area contributed by atoms with E-state index in [1.54, 1.807) is 10.8 Å². The lowest BCUT2D eigenvalue weighted by molar-refractivity contribution is -0.136. The average Bonchev–Trinajstić information content (AvgIpc) is 2.58. The molecule has 4 nitrogen and oxygen atoms in total. The molecule has 0 unspecified atom stereocenters. The largest absolute Gasteiger partial charge is 0.481 e. The smallest absolute Gasteiger partial charge is 0.307 e. The number of carbonyl (C=O) groups is 1. The molecule has 1 aromatic carbocycles. The van der Waals surface area contributed by atoms with Crippen LogP contribution in [0, 0.1) is 11.3 Å². The third-order valence-electron chi connectivity index (χ3n) is 2.45. The van der Waals surface area contributed by atoms with Crippen molar-refractivity contribution in [2.24, 2.45) is 0 Å². The van der Waals surface area contributed by atoms with Crippen molar-refractivity contribution in [2.75, 3.05) is 0 Å². The molecular weight excluding hydrogens is 204 g/mol. The quantitative estimate of drug-likeness (QED) is 0.847. The second kappa shape index (κ2) is 4.07. The van der Waals surface area contributed by atoms with Gasteiger partial charge in [-0.15, -0.1) is 0 Å². The number of benzene rings is 1. The molecule has 2 rings (SSSR count). The van der Waals surface area contributed by atoms with Gasteiger partial charge in [-0.2, -0.15) is 5.26 Å². The van der Waals surface area contributed by atoms with E-state index in [-0.39, 0.29) is 13.0 Å². The van der Waals surface area contributed by atoms with Gasteiger partial charge in [0.2, 0.25) is 0 Å². The van der Waals surface area contributed by atoms with Gasteiger partial charge in [-0.3, -0.25) is 4.79 Å². The van der Waals surface area contributed by atoms with Gasteiger partial charge in [-0.1, -0.05) is 18.2 Å². The molecule has 1 N–H and O–H groups in total. The number of para-hydroxylation sites is 1. The summed E-state index contributed by atoms with van der Waals surface area (Å²) >= 11 is 0. The van der Waals surface area contributed by atoms with E-state index in [1.807, 2.05) is 24.3 Å². The number of aromatic nitrogens is 1. The van der Waals surface area contributed by atoms with Crippen molar-refractivity contribution < 1.29 is 9.90 Å². The number of fused-ring (bicyclic) bond motifs is 1. The first-order chi connectivity index (χ1) is 7.72. The average molecular weight is 214 g/mol. The second-order valence-corrected chi connectivity index (χ2v) is 3.53. The Labute approximate surface area is 92.3 Å². The highest BCUT2D eigenvalue weighted by atomic mass is 16.4. The summed E-state index contributed by atoms with van der Waals surface area (Å²) in [5.74, 6) is -0.861. The van der Waals surface area contributed by atoms with E-state index in [4.69, 9.17) is 10.4 Å². The molecule has 0 atom stereocenters. The van der Waals surface area contributed by atoms with Crippen molar-refractivity contribution in [2.45, 2.75) is 13.0 Å². The maximum absolute atomic E-state index is 10.7. The third-order valence-corrected chi connectivity index (χ3v) is 2.45. The van der Waals surface area contributed by atoms with Crippen LogP contribution in [-0.4, -0.2) is 15.6 Å². The fourth-order valence-electron chi connectivity index (χ4n) is 1.83. The van der Waals surface area contributed by atoms with Crippen molar-refractivity contribution in [3.05, 3.63) is 36.0 Å². The molecular formula is C12H10N2O2. The first-order valence-electron chi connectivity index (χ1n) is 4.88. The predicted molar refractivity (Wildman–Crippen MR) is 58.9 cm³/mol. The molecule has 0 amide bonds. The fraction of sp³-hybridized carbons (Fsp3) is 0.167. The molecule has 4 heteroatoms. The van der Waals surface area contributed by atoms with Crippen LogP contribution in [-0.2, 0) is 17.8 Å². The molecule has 0 saturated carbocycles. The Morgan fingerprint density at radius 1 is 1.44 bits per heavy atom. The zero-order valence-electron chi connectivity index (χ0n) is 8.55. The predicted octanol–water partition coefficient (Wildman–Crippen LogP) is 1.79. The number of hydrogen-bond acceptors (Lipinski definition) is 2. The Kier molecular flexibility index (Phi) is 2.61. The van der Waals surface area contributed by atoms with E-state index < -0.39 is 5.97 Å². The Bertz CT molecular complexity index is 578. The van der Waals surface area contributed by atoms with Crippen molar-refractivity contribution in [3.8, 4) is 6.07 Å². The summed E-state index contributed by atoms with van der Waals surface area (Å²) in [5.41, 5.74) is 1.65. The zero-order chi connectivity index (χ0) is 11.5. The van der Waals surface area contributed by atoms with Crippen LogP contribution in [0.15, 0.2) is 30.5 Å². The summed E-state index contributed by atoms with van der Waals surface area (Å²) in [4.78, 5) is 10.7. The van der Waals surface area contributed by atoms with E-state index >= 15 is 0 Å². The van der Waals surface area contributed by atoms with Gasteiger partial charge >= 0.3 is 5.97 Å². The molecule has 0 bridgehead atoms. The molecule has 1 aromatic heterocycles. The second-order valence-electron chi connectivity index (χ2n) is 3.53. The number of carboxylic acids is 1. The summed E-state index contributed by atoms with van der Waals surface area (Å²) in [5, 5.41) is 18.4. The topological polar surface area (TPSA) is 66.0 Å². The molecule has 0 aliphatic heterocycles. The van der Waals surface area contributed by atoms with Gasteiger partial charge in [0.15, 0.2) is 0 Å². The van der Waals surface area contributed by atoms with Crippen LogP contribution in [0.25, 0.3) is 10.9 Å². The standard InChI is InChI=1S/C12H10N2O2/c13-5-6-14-8-9(7-12(15)16)10-3-1-2-4-11(10)14/h1-4,8H,6-7H2,(H,15,16). The minimum Gasteiger partial charge on any atom is -0.481 e. The number of rotatable bonds is 3. The van der Waals surface area contributed by atoms with Crippen LogP contribution in [0.3, 0.4) is 0 Å². The number of nitrogens with zero attached hydrogens (tertiary/aromatic N) is 2. The van der Waals surface area contributed by atoms with E-state index in [2.05, 4.69) is 6.07 Å². The van der Waals surface area contributed by atoms with Crippen LogP contribution in [0.4, 0.5) is 0 Å². The summed E-state index contributed by atoms with van der Waals surface area (Å²) in [6.07, 6.45) is 1.72. The van der Waals surface area contributed by atoms with Gasteiger partial charge in [0.25, 0.3) is 0 Å². The number of carboxylic acid groups (broad SMARTS) is 1. The molecule has 0 fully saturated rings. The minimum atomic E-state index is -0.861. The van der Waals surface area contributed by atoms with Gasteiger partial charge in [-0.05, 0) is 11.6 Å². The number of nitriles is 1. The molecule has 16 heavy (non-hydrogen) atoms. The maximum Gasteiger partial charge on any atom is 0.307 e. The van der Waals surface area contributed by atoms with Crippen LogP contribution < -0.4 is 0 Å². The molecule has 0 aliphatic carbocycles. The summed E-state index contributed by atoms with van der Waals surface area (Å²) in [7, 11) is 0. The van der Waals surface area contributed by atoms with Gasteiger partial charge in [0.05, 0.1) is 12.5 Å². The van der Waals surface area contributed by atoms with Gasteiger partial charge in [0.1, 0.15) is 6.54 Å². The first kappa shape index (κ1) is 10.2. The van der Waals surface area contributed by atoms with E-state index in [0.29, 0.717) is 0 Å². The molecule has 80 valence electrons. The van der Waals surface area contributed by atoms with E-state index in [1.165, 1.54) is 0 Å². The lowest BCUT2D eigenvalue weighted by atomic mass is 10.1. The summed E-state index contributed by atoms with van der Waals surface area (Å²) in [6.45, 7) is 0.236. The normalized spacial score (nSPS) is 10.2. The fourth-order valence-corrected chi connectivity index (χ4v) is 1.83. The zero-order valence-corrected chi connectivity index (χ0v) is 8.55. The van der Waals surface area contributed by atoms with Crippen LogP contribution in [0.2, 0.25) is 0 Å². The van der Waals surface area contributed by atoms with Crippen molar-refractivity contribution >= 4 is 16.9 Å². The third kappa shape index (κ3) is 1.75. The lowest BCUT2D eigenvalue weighted by Gasteiger charge is -1.96. The van der Waals surface area contributed by atoms with E-state index in [0.717, 1.165) is 16.5 Å². The maximum atomic E-state index is 10.7. The van der Waals surface area contributed by atoms with Crippen molar-refractivity contribution in [1.82, 2.24) is 4.57 Å². The number of hydrogen-bond donors (Lipinski definition) is 1. The van der Waals surface area contributed by atoms with Crippen molar-refractivity contribution in [3.63, 3.8) is 0 Å². The number of aliphatic carboxylic acids is 1. The highest BCUT2D eigenvalue weighted by molar-refractivity contribution is 5.87. The molecule has 0 saturated heterocycles. The Hall–Kier alpha value is -2.28. The SMILES string of the molecule is N#CCn1cc(CC(=O)O)c2ccccc21. The van der Waals surface area contributed by atoms with Crippen LogP contribution >= 0.6 is 0 Å². The summed E-state index contributed by atoms with van der Waals surface area (Å²) in [6, 6.07) is 9.56. The Morgan fingerprint density at radius 3 is 2.88 bits per heavy atom. The van der Waals surface area contributed by atoms with Crippen molar-refractivity contribution in [1.29, 1.82) is 5.26 Å². The van der Waals surface area contributed by atoms with Crippen LogP contribution in [0.5, 0.6) is 0 Å². The molecule has 0 radical (unpaired) electrons. The first-order valence-corrected chi connectivity index (χ1v) is 4.88. The minimum absolute atomic E-state index is 0.0149. The van der Waals surface area contributed by atoms with Gasteiger partial charge in [0, 0.05) is 17.1 Å². The highest BCUT2D eigenvalue weighted by Crippen LogP contribution is 2.21. The summed E-state index contributed by atoms with van der Waals surface area (Å²) < 4.78 is 1.77. The van der Waals surface area contributed by atoms with Crippen LogP contribution in [0.1, 0.15) is 5.56 Å². The van der Waals surface area contributed by atoms with Gasteiger partial charge < -0.3 is 9.67 Å². The molecule has 2 aromatic rings. The highest BCUT2D eigenvalue weighted by Gasteiger charge is 2.10.